The summed E-state index contributed by atoms with van der Waals surface area (Å²) in [6, 6.07) is 10.1. The summed E-state index contributed by atoms with van der Waals surface area (Å²) in [5.41, 5.74) is 7.74. The van der Waals surface area contributed by atoms with E-state index in [2.05, 4.69) is 21.9 Å². The van der Waals surface area contributed by atoms with E-state index in [0.29, 0.717) is 4.99 Å². The van der Waals surface area contributed by atoms with E-state index in [1.807, 2.05) is 35.1 Å². The highest BCUT2D eigenvalue weighted by molar-refractivity contribution is 7.80. The van der Waals surface area contributed by atoms with Crippen molar-refractivity contribution in [2.75, 3.05) is 0 Å². The highest BCUT2D eigenvalue weighted by Crippen LogP contribution is 2.18. The molecule has 0 aliphatic rings. The van der Waals surface area contributed by atoms with Crippen molar-refractivity contribution in [1.82, 2.24) is 14.3 Å². The van der Waals surface area contributed by atoms with E-state index in [1.54, 1.807) is 6.20 Å². The first-order chi connectivity index (χ1) is 9.24. The van der Waals surface area contributed by atoms with Crippen molar-refractivity contribution in [3.05, 3.63) is 54.5 Å². The summed E-state index contributed by atoms with van der Waals surface area (Å²) >= 11 is 5.03. The van der Waals surface area contributed by atoms with E-state index in [9.17, 15) is 0 Å². The molecule has 0 saturated heterocycles. The van der Waals surface area contributed by atoms with Gasteiger partial charge in [0.15, 0.2) is 0 Å². The molecule has 19 heavy (non-hydrogen) atoms. The highest BCUT2D eigenvalue weighted by atomic mass is 32.1. The maximum atomic E-state index is 5.68. The molecule has 0 amide bonds. The van der Waals surface area contributed by atoms with E-state index >= 15 is 0 Å². The molecular formula is C14H14N4S. The number of thiocarbonyl (C=S) groups is 1. The Kier molecular flexibility index (Phi) is 3.05. The Morgan fingerprint density at radius 3 is 2.84 bits per heavy atom. The molecule has 0 radical (unpaired) electrons. The first-order valence-electron chi connectivity index (χ1n) is 6.10. The lowest BCUT2D eigenvalue weighted by Gasteiger charge is -2.07. The van der Waals surface area contributed by atoms with Crippen LogP contribution >= 0.6 is 12.2 Å². The van der Waals surface area contributed by atoms with Crippen molar-refractivity contribution in [3.8, 4) is 0 Å². The second-order valence-corrected chi connectivity index (χ2v) is 4.86. The molecule has 1 aromatic carbocycles. The van der Waals surface area contributed by atoms with Crippen molar-refractivity contribution < 1.29 is 0 Å². The fourth-order valence-corrected chi connectivity index (χ4v) is 2.30. The summed E-state index contributed by atoms with van der Waals surface area (Å²) in [6.07, 6.45) is 5.84. The van der Waals surface area contributed by atoms with Crippen molar-refractivity contribution >= 4 is 28.1 Å². The number of rotatable bonds is 4. The minimum absolute atomic E-state index is 0.432. The minimum Gasteiger partial charge on any atom is -0.389 e. The molecule has 5 heteroatoms. The van der Waals surface area contributed by atoms with Crippen LogP contribution in [-0.2, 0) is 13.1 Å². The van der Waals surface area contributed by atoms with Gasteiger partial charge in [-0.2, -0.15) is 5.10 Å². The Hall–Kier alpha value is -2.14. The summed E-state index contributed by atoms with van der Waals surface area (Å²) in [5, 5.41) is 5.40. The van der Waals surface area contributed by atoms with Gasteiger partial charge in [-0.1, -0.05) is 24.4 Å². The predicted octanol–water partition coefficient (Wildman–Crippen LogP) is 2.17. The van der Waals surface area contributed by atoms with Crippen molar-refractivity contribution in [2.45, 2.75) is 13.1 Å². The summed E-state index contributed by atoms with van der Waals surface area (Å²) in [5.74, 6) is 0. The summed E-state index contributed by atoms with van der Waals surface area (Å²) < 4.78 is 4.11. The van der Waals surface area contributed by atoms with Gasteiger partial charge in [0.25, 0.3) is 0 Å². The van der Waals surface area contributed by atoms with Gasteiger partial charge < -0.3 is 10.3 Å². The third-order valence-electron chi connectivity index (χ3n) is 3.19. The average molecular weight is 270 g/mol. The number of nitrogens with zero attached hydrogens (tertiary/aromatic N) is 3. The molecule has 0 unspecified atom stereocenters. The maximum absolute atomic E-state index is 5.68. The van der Waals surface area contributed by atoms with E-state index in [0.717, 1.165) is 24.2 Å². The van der Waals surface area contributed by atoms with Crippen molar-refractivity contribution in [2.24, 2.45) is 5.73 Å². The molecule has 0 aliphatic heterocycles. The van der Waals surface area contributed by atoms with Crippen LogP contribution < -0.4 is 5.73 Å². The first-order valence-corrected chi connectivity index (χ1v) is 6.51. The zero-order valence-corrected chi connectivity index (χ0v) is 11.2. The summed E-state index contributed by atoms with van der Waals surface area (Å²) in [6.45, 7) is 1.71. The zero-order chi connectivity index (χ0) is 13.2. The number of hydrogen-bond donors (Lipinski definition) is 1. The lowest BCUT2D eigenvalue weighted by Crippen LogP contribution is -2.10. The summed E-state index contributed by atoms with van der Waals surface area (Å²) in [4.78, 5) is 0.432. The molecule has 2 heterocycles. The monoisotopic (exact) mass is 270 g/mol. The second kappa shape index (κ2) is 4.85. The van der Waals surface area contributed by atoms with Gasteiger partial charge in [0, 0.05) is 36.2 Å². The number of benzene rings is 1. The normalized spacial score (nSPS) is 10.9. The van der Waals surface area contributed by atoms with Crippen LogP contribution in [0.25, 0.3) is 10.9 Å². The fraction of sp³-hybridized carbons (Fsp3) is 0.143. The third kappa shape index (κ3) is 2.37. The van der Waals surface area contributed by atoms with Crippen LogP contribution in [0.3, 0.4) is 0 Å². The van der Waals surface area contributed by atoms with E-state index in [1.165, 1.54) is 5.39 Å². The van der Waals surface area contributed by atoms with Gasteiger partial charge in [-0.3, -0.25) is 4.68 Å². The van der Waals surface area contributed by atoms with Gasteiger partial charge in [-0.05, 0) is 23.6 Å². The fourth-order valence-electron chi connectivity index (χ4n) is 2.18. The molecule has 0 bridgehead atoms. The zero-order valence-electron chi connectivity index (χ0n) is 10.4. The molecule has 2 N–H and O–H groups in total. The van der Waals surface area contributed by atoms with Gasteiger partial charge in [0.05, 0.1) is 6.54 Å². The molecule has 4 nitrogen and oxygen atoms in total. The molecular weight excluding hydrogens is 256 g/mol. The molecule has 0 fully saturated rings. The van der Waals surface area contributed by atoms with Crippen LogP contribution in [0.5, 0.6) is 0 Å². The average Bonchev–Trinajstić information content (AvgIpc) is 3.05. The molecule has 0 atom stereocenters. The molecule has 2 aromatic heterocycles. The highest BCUT2D eigenvalue weighted by Gasteiger charge is 2.04. The van der Waals surface area contributed by atoms with E-state index < -0.39 is 0 Å². The van der Waals surface area contributed by atoms with Crippen molar-refractivity contribution in [3.63, 3.8) is 0 Å². The molecule has 0 spiro atoms. The van der Waals surface area contributed by atoms with Crippen LogP contribution in [0.2, 0.25) is 0 Å². The van der Waals surface area contributed by atoms with Crippen LogP contribution in [-0.4, -0.2) is 19.3 Å². The quantitative estimate of drug-likeness (QED) is 0.739. The Morgan fingerprint density at radius 1 is 1.21 bits per heavy atom. The number of fused-ring (bicyclic) bond motifs is 1. The second-order valence-electron chi connectivity index (χ2n) is 4.42. The SMILES string of the molecule is NC(=S)c1ccc2ccn(CCn3cccn3)c2c1. The van der Waals surface area contributed by atoms with Gasteiger partial charge in [0.2, 0.25) is 0 Å². The smallest absolute Gasteiger partial charge is 0.104 e. The van der Waals surface area contributed by atoms with Crippen LogP contribution in [0.4, 0.5) is 0 Å². The summed E-state index contributed by atoms with van der Waals surface area (Å²) in [7, 11) is 0. The first kappa shape index (κ1) is 11.9. The number of aryl methyl sites for hydroxylation is 2. The third-order valence-corrected chi connectivity index (χ3v) is 3.42. The molecule has 0 aliphatic carbocycles. The van der Waals surface area contributed by atoms with Crippen LogP contribution in [0.15, 0.2) is 48.9 Å². The molecule has 3 aromatic rings. The number of hydrogen-bond acceptors (Lipinski definition) is 2. The topological polar surface area (TPSA) is 48.8 Å². The molecule has 96 valence electrons. The Labute approximate surface area is 116 Å². The van der Waals surface area contributed by atoms with Crippen LogP contribution in [0.1, 0.15) is 5.56 Å². The lowest BCUT2D eigenvalue weighted by molar-refractivity contribution is 0.543. The maximum Gasteiger partial charge on any atom is 0.104 e. The number of aromatic nitrogens is 3. The van der Waals surface area contributed by atoms with Gasteiger partial charge in [-0.25, -0.2) is 0 Å². The standard InChI is InChI=1S/C14H14N4S/c15-14(19)12-3-2-11-4-7-17(13(11)10-12)8-9-18-6-1-5-16-18/h1-7,10H,8-9H2,(H2,15,19). The Morgan fingerprint density at radius 2 is 2.11 bits per heavy atom. The Balaban J connectivity index is 1.90. The van der Waals surface area contributed by atoms with Crippen LogP contribution in [0, 0.1) is 0 Å². The predicted molar refractivity (Wildman–Crippen MR) is 80.1 cm³/mol. The molecule has 3 rings (SSSR count). The number of nitrogens with two attached hydrogens (primary N) is 1. The molecule has 0 saturated carbocycles. The van der Waals surface area contributed by atoms with Gasteiger partial charge >= 0.3 is 0 Å². The van der Waals surface area contributed by atoms with E-state index in [4.69, 9.17) is 18.0 Å². The van der Waals surface area contributed by atoms with Crippen molar-refractivity contribution in [1.29, 1.82) is 0 Å². The van der Waals surface area contributed by atoms with E-state index in [-0.39, 0.29) is 0 Å². The van der Waals surface area contributed by atoms with Gasteiger partial charge in [0.1, 0.15) is 4.99 Å². The van der Waals surface area contributed by atoms with Gasteiger partial charge in [-0.15, -0.1) is 0 Å². The largest absolute Gasteiger partial charge is 0.389 e. The lowest BCUT2D eigenvalue weighted by atomic mass is 10.1. The minimum atomic E-state index is 0.432. The Bertz CT molecular complexity index is 712.